The monoisotopic (exact) mass is 613 g/mol. The molecule has 4 aromatic rings. The van der Waals surface area contributed by atoms with Crippen molar-refractivity contribution in [2.75, 3.05) is 6.54 Å². The first kappa shape index (κ1) is 31.9. The third-order valence-corrected chi connectivity index (χ3v) is 6.63. The van der Waals surface area contributed by atoms with Crippen molar-refractivity contribution in [2.24, 2.45) is 0 Å². The van der Waals surface area contributed by atoms with Crippen molar-refractivity contribution in [1.29, 1.82) is 0 Å². The summed E-state index contributed by atoms with van der Waals surface area (Å²) in [4.78, 5) is 43.3. The van der Waals surface area contributed by atoms with Crippen LogP contribution in [0.5, 0.6) is 0 Å². The molecule has 5 rings (SSSR count). The lowest BCUT2D eigenvalue weighted by atomic mass is 10.1. The first-order valence-corrected chi connectivity index (χ1v) is 13.4. The molecule has 2 heterocycles. The van der Waals surface area contributed by atoms with Crippen LogP contribution in [0.4, 0.5) is 17.6 Å². The van der Waals surface area contributed by atoms with E-state index in [1.54, 1.807) is 42.7 Å². The van der Waals surface area contributed by atoms with Gasteiger partial charge in [0.1, 0.15) is 11.9 Å². The Morgan fingerprint density at radius 2 is 1.66 bits per heavy atom. The van der Waals surface area contributed by atoms with Crippen LogP contribution in [-0.4, -0.2) is 72.7 Å². The number of aliphatic carboxylic acids is 1. The minimum Gasteiger partial charge on any atom is -0.475 e. The quantitative estimate of drug-likeness (QED) is 0.179. The number of alkyl halides is 3. The van der Waals surface area contributed by atoms with Gasteiger partial charge in [0.2, 0.25) is 0 Å². The number of carbonyl (C=O) groups is 3. The van der Waals surface area contributed by atoms with E-state index in [-0.39, 0.29) is 17.6 Å². The molecule has 0 saturated heterocycles. The summed E-state index contributed by atoms with van der Waals surface area (Å²) in [6, 6.07) is 14.8. The molecule has 1 unspecified atom stereocenters. The molecule has 2 aromatic heterocycles. The fourth-order valence-electron chi connectivity index (χ4n) is 4.30. The molecule has 1 fully saturated rings. The lowest BCUT2D eigenvalue weighted by Gasteiger charge is -2.17. The fourth-order valence-corrected chi connectivity index (χ4v) is 4.30. The molecule has 230 valence electrons. The van der Waals surface area contributed by atoms with Gasteiger partial charge in [0, 0.05) is 35.5 Å². The van der Waals surface area contributed by atoms with Crippen LogP contribution in [0.1, 0.15) is 45.9 Å². The number of halogens is 4. The Morgan fingerprint density at radius 1 is 1.00 bits per heavy atom. The summed E-state index contributed by atoms with van der Waals surface area (Å²) in [7, 11) is 0. The van der Waals surface area contributed by atoms with Crippen molar-refractivity contribution < 1.29 is 37.1 Å². The number of benzene rings is 2. The van der Waals surface area contributed by atoms with E-state index in [4.69, 9.17) is 9.90 Å². The average molecular weight is 614 g/mol. The number of nitrogens with zero attached hydrogens (tertiary/aromatic N) is 5. The molecule has 3 N–H and O–H groups in total. The van der Waals surface area contributed by atoms with Gasteiger partial charge >= 0.3 is 12.1 Å². The van der Waals surface area contributed by atoms with Crippen LogP contribution in [-0.2, 0) is 4.79 Å². The van der Waals surface area contributed by atoms with Gasteiger partial charge in [-0.2, -0.15) is 17.9 Å². The molecule has 15 heteroatoms. The van der Waals surface area contributed by atoms with Crippen molar-refractivity contribution in [2.45, 2.75) is 43.4 Å². The number of hydrogen-bond donors (Lipinski definition) is 3. The number of carboxylic acids is 1. The standard InChI is InChI=1S/C27H26FN7O2.C2HF3O2/c28-21-10-8-18(9-11-21)22-17-24(22)29-12-1-3-23(27(37)35-16-15-32-34-35)33-26(36)20-6-4-19(5-7-20)25-30-13-2-14-31-25;3-2(4,5)1(6)7/h2,4-11,13-16,22-24,29H,1,3,12,17H2,(H,33,36);(H,6,7)/t22-,23?,24+;/m0./s1. The molecule has 0 aliphatic heterocycles. The van der Waals surface area contributed by atoms with E-state index in [1.807, 2.05) is 12.1 Å². The highest BCUT2D eigenvalue weighted by molar-refractivity contribution is 5.98. The predicted molar refractivity (Wildman–Crippen MR) is 148 cm³/mol. The highest BCUT2D eigenvalue weighted by atomic mass is 19.4. The second kappa shape index (κ2) is 14.4. The van der Waals surface area contributed by atoms with Crippen LogP contribution in [0.15, 0.2) is 79.4 Å². The van der Waals surface area contributed by atoms with Gasteiger partial charge in [-0.15, -0.1) is 5.10 Å². The molecule has 1 aliphatic rings. The molecule has 0 spiro atoms. The molecule has 0 bridgehead atoms. The van der Waals surface area contributed by atoms with Gasteiger partial charge in [-0.05, 0) is 61.7 Å². The van der Waals surface area contributed by atoms with Gasteiger partial charge in [0.25, 0.3) is 11.8 Å². The van der Waals surface area contributed by atoms with Gasteiger partial charge in [-0.25, -0.2) is 19.2 Å². The zero-order valence-corrected chi connectivity index (χ0v) is 23.0. The molecular formula is C29H27F4N7O4. The zero-order chi connectivity index (χ0) is 31.7. The van der Waals surface area contributed by atoms with Crippen molar-refractivity contribution in [3.63, 3.8) is 0 Å². The number of carboxylic acid groups (broad SMARTS) is 1. The topological polar surface area (TPSA) is 152 Å². The number of carbonyl (C=O) groups excluding carboxylic acids is 2. The third-order valence-electron chi connectivity index (χ3n) is 6.63. The number of amides is 1. The van der Waals surface area contributed by atoms with Gasteiger partial charge in [0.05, 0.1) is 12.4 Å². The molecule has 44 heavy (non-hydrogen) atoms. The minimum absolute atomic E-state index is 0.236. The average Bonchev–Trinajstić information content (AvgIpc) is 3.57. The Bertz CT molecular complexity index is 1530. The van der Waals surface area contributed by atoms with Crippen molar-refractivity contribution in [3.05, 3.63) is 96.3 Å². The van der Waals surface area contributed by atoms with E-state index in [9.17, 15) is 27.2 Å². The third kappa shape index (κ3) is 8.97. The summed E-state index contributed by atoms with van der Waals surface area (Å²) in [5, 5.41) is 21.0. The summed E-state index contributed by atoms with van der Waals surface area (Å²) in [5.74, 6) is -2.76. The largest absolute Gasteiger partial charge is 0.490 e. The molecule has 2 aromatic carbocycles. The maximum absolute atomic E-state index is 13.2. The summed E-state index contributed by atoms with van der Waals surface area (Å²) >= 11 is 0. The highest BCUT2D eigenvalue weighted by Gasteiger charge is 2.38. The molecule has 3 atom stereocenters. The van der Waals surface area contributed by atoms with Crippen molar-refractivity contribution in [1.82, 2.24) is 35.6 Å². The number of rotatable bonds is 10. The number of nitrogens with one attached hydrogen (secondary N) is 2. The van der Waals surface area contributed by atoms with Crippen LogP contribution in [0.2, 0.25) is 0 Å². The fraction of sp³-hybridized carbons (Fsp3) is 0.276. The van der Waals surface area contributed by atoms with Crippen molar-refractivity contribution in [3.8, 4) is 11.4 Å². The smallest absolute Gasteiger partial charge is 0.475 e. The van der Waals surface area contributed by atoms with Gasteiger partial charge in [-0.3, -0.25) is 9.59 Å². The van der Waals surface area contributed by atoms with E-state index >= 15 is 0 Å². The Hall–Kier alpha value is -5.05. The van der Waals surface area contributed by atoms with E-state index < -0.39 is 18.2 Å². The first-order valence-electron chi connectivity index (χ1n) is 13.4. The molecular weight excluding hydrogens is 586 g/mol. The Labute approximate surface area is 248 Å². The molecule has 11 nitrogen and oxygen atoms in total. The summed E-state index contributed by atoms with van der Waals surface area (Å²) in [6.07, 6.45) is 3.21. The first-order chi connectivity index (χ1) is 21.0. The SMILES string of the molecule is O=C(NC(CCCN[C@@H]1C[C@H]1c1ccc(F)cc1)C(=O)n1ccnn1)c1ccc(-c2ncccn2)cc1.O=C(O)C(F)(F)F. The minimum atomic E-state index is -5.08. The Kier molecular flexibility index (Phi) is 10.4. The summed E-state index contributed by atoms with van der Waals surface area (Å²) in [6.45, 7) is 0.686. The number of hydrogen-bond acceptors (Lipinski definition) is 8. The maximum Gasteiger partial charge on any atom is 0.490 e. The lowest BCUT2D eigenvalue weighted by Crippen LogP contribution is -2.43. The van der Waals surface area contributed by atoms with E-state index in [0.29, 0.717) is 42.7 Å². The molecule has 1 saturated carbocycles. The van der Waals surface area contributed by atoms with Crippen LogP contribution in [0, 0.1) is 5.82 Å². The van der Waals surface area contributed by atoms with Gasteiger partial charge < -0.3 is 15.7 Å². The van der Waals surface area contributed by atoms with Crippen LogP contribution < -0.4 is 10.6 Å². The molecule has 0 radical (unpaired) electrons. The van der Waals surface area contributed by atoms with Crippen LogP contribution >= 0.6 is 0 Å². The van der Waals surface area contributed by atoms with Gasteiger partial charge in [0.15, 0.2) is 5.82 Å². The Morgan fingerprint density at radius 3 is 2.25 bits per heavy atom. The van der Waals surface area contributed by atoms with E-state index in [1.165, 1.54) is 24.5 Å². The predicted octanol–water partition coefficient (Wildman–Crippen LogP) is 3.87. The lowest BCUT2D eigenvalue weighted by molar-refractivity contribution is -0.192. The van der Waals surface area contributed by atoms with Crippen LogP contribution in [0.25, 0.3) is 11.4 Å². The molecule has 1 aliphatic carbocycles. The number of aromatic nitrogens is 5. The zero-order valence-electron chi connectivity index (χ0n) is 23.0. The normalized spacial score (nSPS) is 16.3. The summed E-state index contributed by atoms with van der Waals surface area (Å²) in [5.41, 5.74) is 2.34. The second-order valence-corrected chi connectivity index (χ2v) is 9.76. The Balaban J connectivity index is 0.000000566. The molecule has 1 amide bonds. The second-order valence-electron chi connectivity index (χ2n) is 9.76. The highest BCUT2D eigenvalue weighted by Crippen LogP contribution is 2.40. The van der Waals surface area contributed by atoms with Crippen LogP contribution in [0.3, 0.4) is 0 Å². The van der Waals surface area contributed by atoms with E-state index in [2.05, 4.69) is 30.9 Å². The maximum atomic E-state index is 13.2. The van der Waals surface area contributed by atoms with Crippen molar-refractivity contribution >= 4 is 17.8 Å². The summed E-state index contributed by atoms with van der Waals surface area (Å²) < 4.78 is 46.0. The van der Waals surface area contributed by atoms with E-state index in [0.717, 1.165) is 22.2 Å². The van der Waals surface area contributed by atoms with Gasteiger partial charge in [-0.1, -0.05) is 29.5 Å².